The van der Waals surface area contributed by atoms with E-state index in [-0.39, 0.29) is 12.0 Å². The first-order valence-corrected chi connectivity index (χ1v) is 10.5. The van der Waals surface area contributed by atoms with Gasteiger partial charge in [0.2, 0.25) is 0 Å². The predicted octanol–water partition coefficient (Wildman–Crippen LogP) is 4.04. The van der Waals surface area contributed by atoms with Gasteiger partial charge in [-0.3, -0.25) is 4.79 Å². The molecule has 3 heterocycles. The molecular formula is C23H29N3O2. The van der Waals surface area contributed by atoms with Crippen LogP contribution in [0.3, 0.4) is 0 Å². The van der Waals surface area contributed by atoms with Gasteiger partial charge in [-0.25, -0.2) is 4.98 Å². The molecule has 4 rings (SSSR count). The molecule has 0 radical (unpaired) electrons. The Hall–Kier alpha value is -2.40. The third kappa shape index (κ3) is 4.71. The molecule has 0 spiro atoms. The second kappa shape index (κ2) is 9.20. The van der Waals surface area contributed by atoms with E-state index in [1.54, 1.807) is 0 Å². The van der Waals surface area contributed by atoms with E-state index in [1.165, 1.54) is 25.7 Å². The summed E-state index contributed by atoms with van der Waals surface area (Å²) in [7, 11) is 0. The number of anilines is 1. The lowest BCUT2D eigenvalue weighted by molar-refractivity contribution is 0.0858. The molecule has 148 valence electrons. The third-order valence-corrected chi connectivity index (χ3v) is 5.67. The minimum absolute atomic E-state index is 0.0447. The molecule has 1 unspecified atom stereocenters. The van der Waals surface area contributed by atoms with Gasteiger partial charge in [-0.15, -0.1) is 0 Å². The molecule has 1 atom stereocenters. The minimum Gasteiger partial charge on any atom is -0.376 e. The van der Waals surface area contributed by atoms with E-state index in [0.29, 0.717) is 12.1 Å². The van der Waals surface area contributed by atoms with Gasteiger partial charge in [-0.2, -0.15) is 0 Å². The number of amides is 1. The highest BCUT2D eigenvalue weighted by atomic mass is 16.5. The van der Waals surface area contributed by atoms with Crippen LogP contribution < -0.4 is 10.2 Å². The van der Waals surface area contributed by atoms with Crippen LogP contribution in [-0.4, -0.2) is 43.2 Å². The lowest BCUT2D eigenvalue weighted by atomic mass is 10.1. The first-order chi connectivity index (χ1) is 13.8. The summed E-state index contributed by atoms with van der Waals surface area (Å²) in [5, 5.41) is 2.97. The van der Waals surface area contributed by atoms with Crippen molar-refractivity contribution < 1.29 is 9.53 Å². The minimum atomic E-state index is -0.0447. The van der Waals surface area contributed by atoms with Crippen molar-refractivity contribution in [1.29, 1.82) is 0 Å². The van der Waals surface area contributed by atoms with Gasteiger partial charge in [0, 0.05) is 43.6 Å². The quantitative estimate of drug-likeness (QED) is 0.852. The molecule has 0 aliphatic carbocycles. The second-order valence-corrected chi connectivity index (χ2v) is 7.73. The number of carbonyl (C=O) groups excluding carboxylic acids is 1. The molecule has 0 bridgehead atoms. The van der Waals surface area contributed by atoms with E-state index < -0.39 is 0 Å². The van der Waals surface area contributed by atoms with Gasteiger partial charge in [0.25, 0.3) is 5.91 Å². The maximum absolute atomic E-state index is 12.3. The first kappa shape index (κ1) is 18.9. The Balaban J connectivity index is 1.37. The first-order valence-electron chi connectivity index (χ1n) is 10.5. The van der Waals surface area contributed by atoms with Crippen LogP contribution in [0.5, 0.6) is 0 Å². The number of ether oxygens (including phenoxy) is 1. The summed E-state index contributed by atoms with van der Waals surface area (Å²) in [5.41, 5.74) is 2.83. The zero-order valence-electron chi connectivity index (χ0n) is 16.4. The highest BCUT2D eigenvalue weighted by Crippen LogP contribution is 2.23. The average molecular weight is 380 g/mol. The fraction of sp³-hybridized carbons (Fsp3) is 0.478. The van der Waals surface area contributed by atoms with Gasteiger partial charge in [-0.05, 0) is 55.5 Å². The number of benzene rings is 1. The standard InChI is InChI=1S/C23H29N3O2/c27-23(25-17-21-6-5-15-28-21)19-9-7-18(8-10-19)20-11-12-22(24-16-20)26-13-3-1-2-4-14-26/h7-12,16,21H,1-6,13-15,17H2,(H,25,27). The van der Waals surface area contributed by atoms with Crippen LogP contribution in [0.4, 0.5) is 5.82 Å². The number of hydrogen-bond donors (Lipinski definition) is 1. The number of aromatic nitrogens is 1. The van der Waals surface area contributed by atoms with E-state index in [9.17, 15) is 4.79 Å². The summed E-state index contributed by atoms with van der Waals surface area (Å²) in [6.45, 7) is 3.59. The average Bonchev–Trinajstić information content (AvgIpc) is 3.12. The lowest BCUT2D eigenvalue weighted by Crippen LogP contribution is -2.31. The molecule has 1 aromatic carbocycles. The van der Waals surface area contributed by atoms with Crippen molar-refractivity contribution in [2.75, 3.05) is 31.1 Å². The molecule has 5 nitrogen and oxygen atoms in total. The number of hydrogen-bond acceptors (Lipinski definition) is 4. The number of rotatable bonds is 5. The van der Waals surface area contributed by atoms with E-state index >= 15 is 0 Å². The summed E-state index contributed by atoms with van der Waals surface area (Å²) in [6, 6.07) is 12.0. The molecule has 1 aromatic heterocycles. The summed E-state index contributed by atoms with van der Waals surface area (Å²) in [5.74, 6) is 1.02. The van der Waals surface area contributed by atoms with Gasteiger partial charge in [0.1, 0.15) is 5.82 Å². The number of pyridine rings is 1. The van der Waals surface area contributed by atoms with Gasteiger partial charge in [0.05, 0.1) is 6.10 Å². The summed E-state index contributed by atoms with van der Waals surface area (Å²) < 4.78 is 5.55. The van der Waals surface area contributed by atoms with Gasteiger partial charge in [0.15, 0.2) is 0 Å². The number of carbonyl (C=O) groups is 1. The monoisotopic (exact) mass is 379 g/mol. The van der Waals surface area contributed by atoms with E-state index in [4.69, 9.17) is 4.74 Å². The van der Waals surface area contributed by atoms with Crippen molar-refractivity contribution in [3.63, 3.8) is 0 Å². The molecule has 2 saturated heterocycles. The normalized spacial score (nSPS) is 20.0. The Morgan fingerprint density at radius 1 is 1.00 bits per heavy atom. The smallest absolute Gasteiger partial charge is 0.251 e. The van der Waals surface area contributed by atoms with Crippen molar-refractivity contribution in [1.82, 2.24) is 10.3 Å². The molecule has 2 fully saturated rings. The van der Waals surface area contributed by atoms with Crippen molar-refractivity contribution >= 4 is 11.7 Å². The van der Waals surface area contributed by atoms with Crippen LogP contribution >= 0.6 is 0 Å². The SMILES string of the molecule is O=C(NCC1CCCO1)c1ccc(-c2ccc(N3CCCCCC3)nc2)cc1. The lowest BCUT2D eigenvalue weighted by Gasteiger charge is -2.21. The number of nitrogens with one attached hydrogen (secondary N) is 1. The molecular weight excluding hydrogens is 350 g/mol. The summed E-state index contributed by atoms with van der Waals surface area (Å²) in [6.07, 6.45) is 9.35. The Bertz CT molecular complexity index is 759. The molecule has 2 aliphatic heterocycles. The van der Waals surface area contributed by atoms with Crippen molar-refractivity contribution in [2.24, 2.45) is 0 Å². The largest absolute Gasteiger partial charge is 0.376 e. The fourth-order valence-electron chi connectivity index (χ4n) is 3.97. The van der Waals surface area contributed by atoms with Crippen LogP contribution in [0.2, 0.25) is 0 Å². The van der Waals surface area contributed by atoms with Crippen molar-refractivity contribution in [2.45, 2.75) is 44.6 Å². The maximum Gasteiger partial charge on any atom is 0.251 e. The van der Waals surface area contributed by atoms with E-state index in [0.717, 1.165) is 49.5 Å². The molecule has 1 N–H and O–H groups in total. The van der Waals surface area contributed by atoms with Gasteiger partial charge >= 0.3 is 0 Å². The van der Waals surface area contributed by atoms with Crippen molar-refractivity contribution in [3.8, 4) is 11.1 Å². The summed E-state index contributed by atoms with van der Waals surface area (Å²) in [4.78, 5) is 19.4. The molecule has 1 amide bonds. The Morgan fingerprint density at radius 3 is 2.39 bits per heavy atom. The molecule has 28 heavy (non-hydrogen) atoms. The highest BCUT2D eigenvalue weighted by Gasteiger charge is 2.17. The molecule has 5 heteroatoms. The predicted molar refractivity (Wildman–Crippen MR) is 112 cm³/mol. The van der Waals surface area contributed by atoms with E-state index in [1.807, 2.05) is 30.5 Å². The Morgan fingerprint density at radius 2 is 1.75 bits per heavy atom. The maximum atomic E-state index is 12.3. The van der Waals surface area contributed by atoms with Crippen LogP contribution in [0.1, 0.15) is 48.9 Å². The Kier molecular flexibility index (Phi) is 6.22. The fourth-order valence-corrected chi connectivity index (χ4v) is 3.97. The third-order valence-electron chi connectivity index (χ3n) is 5.67. The molecule has 0 saturated carbocycles. The highest BCUT2D eigenvalue weighted by molar-refractivity contribution is 5.94. The van der Waals surface area contributed by atoms with Crippen LogP contribution in [-0.2, 0) is 4.74 Å². The zero-order valence-corrected chi connectivity index (χ0v) is 16.4. The Labute approximate surface area is 167 Å². The van der Waals surface area contributed by atoms with E-state index in [2.05, 4.69) is 27.3 Å². The summed E-state index contributed by atoms with van der Waals surface area (Å²) >= 11 is 0. The van der Waals surface area contributed by atoms with Gasteiger partial charge in [-0.1, -0.05) is 25.0 Å². The van der Waals surface area contributed by atoms with Crippen LogP contribution in [0.15, 0.2) is 42.6 Å². The number of nitrogens with zero attached hydrogens (tertiary/aromatic N) is 2. The van der Waals surface area contributed by atoms with Crippen LogP contribution in [0, 0.1) is 0 Å². The van der Waals surface area contributed by atoms with Crippen LogP contribution in [0.25, 0.3) is 11.1 Å². The second-order valence-electron chi connectivity index (χ2n) is 7.73. The zero-order chi connectivity index (χ0) is 19.2. The molecule has 2 aromatic rings. The topological polar surface area (TPSA) is 54.5 Å². The molecule has 2 aliphatic rings. The van der Waals surface area contributed by atoms with Crippen molar-refractivity contribution in [3.05, 3.63) is 48.2 Å². The van der Waals surface area contributed by atoms with Gasteiger partial charge < -0.3 is 15.0 Å².